The zero-order chi connectivity index (χ0) is 7.40. The molecule has 1 aliphatic heterocycles. The first-order chi connectivity index (χ1) is 4.84. The van der Waals surface area contributed by atoms with Crippen LogP contribution in [0.4, 0.5) is 0 Å². The van der Waals surface area contributed by atoms with Crippen LogP contribution in [0.25, 0.3) is 0 Å². The van der Waals surface area contributed by atoms with Gasteiger partial charge in [0, 0.05) is 13.0 Å². The van der Waals surface area contributed by atoms with Crippen LogP contribution in [0.2, 0.25) is 0 Å². The Kier molecular flexibility index (Phi) is 2.39. The minimum Gasteiger partial charge on any atom is -0.578 e. The van der Waals surface area contributed by atoms with Crippen molar-refractivity contribution in [1.29, 1.82) is 0 Å². The van der Waals surface area contributed by atoms with Gasteiger partial charge in [0.2, 0.25) is 0 Å². The maximum absolute atomic E-state index is 10.6. The second-order valence-electron chi connectivity index (χ2n) is 2.01. The molecule has 1 heterocycles. The van der Waals surface area contributed by atoms with Crippen molar-refractivity contribution in [1.82, 2.24) is 0 Å². The molecule has 1 amide bonds. The highest BCUT2D eigenvalue weighted by atomic mass is 16.5. The quantitative estimate of drug-likeness (QED) is 0.545. The summed E-state index contributed by atoms with van der Waals surface area (Å²) in [5.41, 5.74) is 0. The summed E-state index contributed by atoms with van der Waals surface area (Å²) in [5.74, 6) is -0.298. The lowest BCUT2D eigenvalue weighted by Gasteiger charge is -2.11. The summed E-state index contributed by atoms with van der Waals surface area (Å²) < 4.78 is 4.69. The van der Waals surface area contributed by atoms with E-state index in [4.69, 9.17) is 5.11 Å². The summed E-state index contributed by atoms with van der Waals surface area (Å²) in [6.07, 6.45) is 2.71. The van der Waals surface area contributed by atoms with Gasteiger partial charge in [0.15, 0.2) is 0 Å². The van der Waals surface area contributed by atoms with Gasteiger partial charge in [0.1, 0.15) is 5.91 Å². The van der Waals surface area contributed by atoms with Crippen LogP contribution in [-0.4, -0.2) is 30.1 Å². The van der Waals surface area contributed by atoms with Gasteiger partial charge >= 0.3 is 0 Å². The first-order valence-electron chi connectivity index (χ1n) is 3.10. The van der Waals surface area contributed by atoms with Crippen molar-refractivity contribution in [2.75, 3.05) is 6.61 Å². The molecule has 0 aromatic carbocycles. The lowest BCUT2D eigenvalue weighted by atomic mass is 10.2. The summed E-state index contributed by atoms with van der Waals surface area (Å²) in [6, 6.07) is 0. The van der Waals surface area contributed by atoms with Crippen LogP contribution in [0.15, 0.2) is 4.99 Å². The van der Waals surface area contributed by atoms with Gasteiger partial charge in [0.25, 0.3) is 0 Å². The predicted molar refractivity (Wildman–Crippen MR) is 33.6 cm³/mol. The van der Waals surface area contributed by atoms with Gasteiger partial charge in [-0.3, -0.25) is 0 Å². The molecule has 10 heavy (non-hydrogen) atoms. The smallest absolute Gasteiger partial charge is 0.127 e. The minimum absolute atomic E-state index is 0.0765. The van der Waals surface area contributed by atoms with Gasteiger partial charge in [-0.2, -0.15) is 0 Å². The fourth-order valence-electron chi connectivity index (χ4n) is 0.716. The van der Waals surface area contributed by atoms with Gasteiger partial charge in [-0.25, -0.2) is 0 Å². The van der Waals surface area contributed by atoms with Crippen LogP contribution in [0.5, 0.6) is 0 Å². The Labute approximate surface area is 58.5 Å². The van der Waals surface area contributed by atoms with Gasteiger partial charge in [-0.15, -0.1) is 0 Å². The number of nitrogens with zero attached hydrogens (tertiary/aromatic N) is 1. The summed E-state index contributed by atoms with van der Waals surface area (Å²) in [6.45, 7) is 0.0765. The normalized spacial score (nSPS) is 23.3. The zero-order valence-corrected chi connectivity index (χ0v) is 5.41. The molecule has 1 N–H and O–H groups in total. The fourth-order valence-corrected chi connectivity index (χ4v) is 0.716. The molecular weight excluding hydrogens is 134 g/mol. The molecule has 4 nitrogen and oxygen atoms in total. The molecule has 0 saturated carbocycles. The van der Waals surface area contributed by atoms with Crippen molar-refractivity contribution >= 4 is 12.3 Å². The number of aliphatic hydroxyl groups is 1. The van der Waals surface area contributed by atoms with E-state index in [0.29, 0.717) is 12.8 Å². The van der Waals surface area contributed by atoms with Crippen LogP contribution >= 0.6 is 0 Å². The Morgan fingerprint density at radius 1 is 1.80 bits per heavy atom. The third kappa shape index (κ3) is 1.54. The van der Waals surface area contributed by atoms with Crippen molar-refractivity contribution in [3.8, 4) is 0 Å². The highest BCUT2D eigenvalue weighted by Crippen LogP contribution is 2.07. The van der Waals surface area contributed by atoms with Crippen molar-refractivity contribution in [2.45, 2.75) is 18.9 Å². The third-order valence-electron chi connectivity index (χ3n) is 1.25. The van der Waals surface area contributed by atoms with E-state index in [1.54, 1.807) is 0 Å². The van der Waals surface area contributed by atoms with Gasteiger partial charge in [0.05, 0.1) is 6.10 Å². The lowest BCUT2D eigenvalue weighted by Crippen LogP contribution is -2.16. The summed E-state index contributed by atoms with van der Waals surface area (Å²) in [4.78, 5) is 13.9. The van der Waals surface area contributed by atoms with Crippen LogP contribution < -0.4 is 0 Å². The lowest BCUT2D eigenvalue weighted by molar-refractivity contribution is -0.122. The van der Waals surface area contributed by atoms with E-state index in [9.17, 15) is 4.79 Å². The molecule has 0 bridgehead atoms. The molecule has 0 aromatic heterocycles. The van der Waals surface area contributed by atoms with E-state index in [1.807, 2.05) is 0 Å². The Hall–Kier alpha value is -0.900. The maximum atomic E-state index is 10.6. The second kappa shape index (κ2) is 3.31. The van der Waals surface area contributed by atoms with Crippen molar-refractivity contribution in [2.24, 2.45) is 4.99 Å². The highest BCUT2D eigenvalue weighted by Gasteiger charge is 2.11. The van der Waals surface area contributed by atoms with Gasteiger partial charge in [-0.1, -0.05) is 0 Å². The molecule has 0 radical (unpaired) electrons. The molecular formula is C6H8NO3-. The Morgan fingerprint density at radius 3 is 3.10 bits per heavy atom. The molecule has 0 spiro atoms. The first-order valence-corrected chi connectivity index (χ1v) is 3.10. The number of hydrogen-bond donors (Lipinski definition) is 1. The number of ether oxygens (including phenoxy) is 1. The summed E-state index contributed by atoms with van der Waals surface area (Å²) in [7, 11) is 0. The Morgan fingerprint density at radius 2 is 2.60 bits per heavy atom. The second-order valence-corrected chi connectivity index (χ2v) is 2.01. The predicted octanol–water partition coefficient (Wildman–Crippen LogP) is -0.410. The number of carbonyl (C=O) groups excluding carboxylic acids is 1. The van der Waals surface area contributed by atoms with Gasteiger partial charge in [-0.05, 0) is 12.8 Å². The largest absolute Gasteiger partial charge is 0.578 e. The number of rotatable bonds is 3. The topological polar surface area (TPSA) is 58.9 Å². The van der Waals surface area contributed by atoms with E-state index in [-0.39, 0.29) is 12.5 Å². The molecule has 1 atom stereocenters. The SMILES string of the molecule is O=C1N=[C-]OC1CCCO. The monoisotopic (exact) mass is 142 g/mol. The van der Waals surface area contributed by atoms with Crippen molar-refractivity contribution < 1.29 is 14.6 Å². The molecule has 0 aromatic rings. The average molecular weight is 142 g/mol. The summed E-state index contributed by atoms with van der Waals surface area (Å²) >= 11 is 0. The number of hydrogen-bond acceptors (Lipinski definition) is 3. The molecule has 0 fully saturated rings. The molecule has 1 unspecified atom stereocenters. The molecule has 1 rings (SSSR count). The van der Waals surface area contributed by atoms with Crippen molar-refractivity contribution in [3.05, 3.63) is 0 Å². The third-order valence-corrected chi connectivity index (χ3v) is 1.25. The van der Waals surface area contributed by atoms with Crippen LogP contribution in [0.3, 0.4) is 0 Å². The highest BCUT2D eigenvalue weighted by molar-refractivity contribution is 5.91. The van der Waals surface area contributed by atoms with Crippen LogP contribution in [0.1, 0.15) is 12.8 Å². The van der Waals surface area contributed by atoms with E-state index in [0.717, 1.165) is 0 Å². The van der Waals surface area contributed by atoms with Gasteiger partial charge < -0.3 is 19.6 Å². The molecule has 56 valence electrons. The van der Waals surface area contributed by atoms with E-state index in [1.165, 1.54) is 0 Å². The number of aliphatic imine (C=N–C) groups is 1. The first kappa shape index (κ1) is 7.21. The van der Waals surface area contributed by atoms with Crippen LogP contribution in [0, 0.1) is 0 Å². The van der Waals surface area contributed by atoms with Crippen LogP contribution in [-0.2, 0) is 9.53 Å². The zero-order valence-electron chi connectivity index (χ0n) is 5.41. The van der Waals surface area contributed by atoms with E-state index < -0.39 is 6.10 Å². The number of aliphatic hydroxyl groups excluding tert-OH is 1. The number of amides is 1. The Balaban J connectivity index is 2.24. The van der Waals surface area contributed by atoms with Crippen molar-refractivity contribution in [3.63, 3.8) is 0 Å². The molecule has 1 aliphatic rings. The molecule has 4 heteroatoms. The number of carbonyl (C=O) groups is 1. The summed E-state index contributed by atoms with van der Waals surface area (Å²) in [5, 5.41) is 8.39. The maximum Gasteiger partial charge on any atom is 0.127 e. The fraction of sp³-hybridized carbons (Fsp3) is 0.667. The minimum atomic E-state index is -0.493. The van der Waals surface area contributed by atoms with E-state index >= 15 is 0 Å². The molecule has 0 saturated heterocycles. The standard InChI is InChI=1S/C6H8NO3/c8-3-1-2-5-6(9)7-4-10-5/h5,8H,1-3H2/q-1. The molecule has 0 aliphatic carbocycles. The van der Waals surface area contributed by atoms with E-state index in [2.05, 4.69) is 16.1 Å². The average Bonchev–Trinajstić information content (AvgIpc) is 2.31. The Bertz CT molecular complexity index is 155.